The van der Waals surface area contributed by atoms with E-state index >= 15 is 0 Å². The summed E-state index contributed by atoms with van der Waals surface area (Å²) in [6.07, 6.45) is 2.53. The highest BCUT2D eigenvalue weighted by Gasteiger charge is 2.55. The molecule has 19 heavy (non-hydrogen) atoms. The smallest absolute Gasteiger partial charge is 0.309 e. The molecule has 1 heterocycles. The Balaban J connectivity index is 1.98. The summed E-state index contributed by atoms with van der Waals surface area (Å²) < 4.78 is 5.43. The van der Waals surface area contributed by atoms with Crippen molar-refractivity contribution in [3.8, 4) is 0 Å². The third-order valence-electron chi connectivity index (χ3n) is 5.61. The molecule has 0 spiro atoms. The van der Waals surface area contributed by atoms with E-state index in [9.17, 15) is 15.0 Å². The normalized spacial score (nSPS) is 53.1. The van der Waals surface area contributed by atoms with Gasteiger partial charge in [-0.05, 0) is 44.6 Å². The summed E-state index contributed by atoms with van der Waals surface area (Å²) in [6.45, 7) is 5.64. The van der Waals surface area contributed by atoms with E-state index in [1.54, 1.807) is 6.92 Å². The first-order chi connectivity index (χ1) is 8.82. The van der Waals surface area contributed by atoms with Crippen LogP contribution < -0.4 is 0 Å². The lowest BCUT2D eigenvalue weighted by Crippen LogP contribution is -2.41. The molecule has 4 nitrogen and oxygen atoms in total. The second-order valence-electron chi connectivity index (χ2n) is 6.69. The van der Waals surface area contributed by atoms with E-state index in [0.717, 1.165) is 12.0 Å². The number of hydrogen-bond donors (Lipinski definition) is 2. The average Bonchev–Trinajstić information content (AvgIpc) is 2.64. The molecule has 1 saturated heterocycles. The minimum Gasteiger partial charge on any atom is -0.458 e. The lowest BCUT2D eigenvalue weighted by atomic mass is 9.76. The van der Waals surface area contributed by atoms with Gasteiger partial charge in [0.05, 0.1) is 17.6 Å². The molecule has 106 valence electrons. The predicted molar refractivity (Wildman–Crippen MR) is 69.1 cm³/mol. The predicted octanol–water partition coefficient (Wildman–Crippen LogP) is 1.26. The summed E-state index contributed by atoms with van der Waals surface area (Å²) >= 11 is 0. The van der Waals surface area contributed by atoms with Crippen LogP contribution >= 0.6 is 0 Å². The molecule has 0 radical (unpaired) electrons. The summed E-state index contributed by atoms with van der Waals surface area (Å²) in [5, 5.41) is 20.7. The molecule has 0 amide bonds. The molecular formula is C15H22O4. The fourth-order valence-corrected chi connectivity index (χ4v) is 4.16. The first-order valence-electron chi connectivity index (χ1n) is 7.11. The number of carbonyl (C=O) groups is 1. The van der Waals surface area contributed by atoms with E-state index in [0.29, 0.717) is 6.42 Å². The van der Waals surface area contributed by atoms with Crippen LogP contribution in [0.3, 0.4) is 0 Å². The molecular weight excluding hydrogens is 244 g/mol. The number of aliphatic hydroxyl groups excluding tert-OH is 1. The van der Waals surface area contributed by atoms with Crippen molar-refractivity contribution in [3.05, 3.63) is 11.6 Å². The molecule has 4 heteroatoms. The molecule has 0 aromatic rings. The molecule has 3 aliphatic rings. The Labute approximate surface area is 113 Å². The quantitative estimate of drug-likeness (QED) is 0.512. The number of ether oxygens (including phenoxy) is 1. The van der Waals surface area contributed by atoms with Crippen molar-refractivity contribution in [2.24, 2.45) is 23.7 Å². The van der Waals surface area contributed by atoms with Crippen molar-refractivity contribution in [2.45, 2.75) is 51.4 Å². The van der Waals surface area contributed by atoms with Crippen LogP contribution in [0.2, 0.25) is 0 Å². The number of allylic oxidation sites excluding steroid dienone is 1. The number of hydrogen-bond acceptors (Lipinski definition) is 4. The van der Waals surface area contributed by atoms with E-state index in [2.05, 4.69) is 0 Å². The monoisotopic (exact) mass is 266 g/mol. The molecule has 2 aliphatic carbocycles. The second-order valence-corrected chi connectivity index (χ2v) is 6.69. The van der Waals surface area contributed by atoms with Crippen LogP contribution in [0.5, 0.6) is 0 Å². The maximum absolute atomic E-state index is 11.7. The molecule has 3 rings (SSSR count). The Kier molecular flexibility index (Phi) is 2.81. The van der Waals surface area contributed by atoms with E-state index < -0.39 is 11.7 Å². The van der Waals surface area contributed by atoms with E-state index in [4.69, 9.17) is 4.74 Å². The molecule has 0 aromatic heterocycles. The minimum atomic E-state index is -1.07. The van der Waals surface area contributed by atoms with Gasteiger partial charge in [-0.1, -0.05) is 12.5 Å². The first-order valence-corrected chi connectivity index (χ1v) is 7.11. The lowest BCUT2D eigenvalue weighted by Gasteiger charge is -2.32. The van der Waals surface area contributed by atoms with Gasteiger partial charge in [0.15, 0.2) is 0 Å². The van der Waals surface area contributed by atoms with E-state index in [1.165, 1.54) is 0 Å². The second kappa shape index (κ2) is 4.06. The molecule has 0 bridgehead atoms. The van der Waals surface area contributed by atoms with Gasteiger partial charge in [0.25, 0.3) is 0 Å². The summed E-state index contributed by atoms with van der Waals surface area (Å²) in [4.78, 5) is 11.7. The van der Waals surface area contributed by atoms with Crippen LogP contribution in [0.1, 0.15) is 33.6 Å². The fraction of sp³-hybridized carbons (Fsp3) is 0.800. The Hall–Kier alpha value is -0.870. The highest BCUT2D eigenvalue weighted by molar-refractivity contribution is 5.75. The number of carbonyl (C=O) groups excluding carboxylic acids is 1. The first kappa shape index (κ1) is 13.1. The number of esters is 1. The lowest BCUT2D eigenvalue weighted by molar-refractivity contribution is -0.142. The zero-order valence-electron chi connectivity index (χ0n) is 11.7. The third kappa shape index (κ3) is 1.77. The molecule has 1 unspecified atom stereocenters. The Morgan fingerprint density at radius 3 is 2.79 bits per heavy atom. The number of fused-ring (bicyclic) bond motifs is 2. The molecule has 2 N–H and O–H groups in total. The van der Waals surface area contributed by atoms with Crippen LogP contribution in [0.15, 0.2) is 11.6 Å². The zero-order valence-corrected chi connectivity index (χ0v) is 11.7. The van der Waals surface area contributed by atoms with Crippen LogP contribution in [0, 0.1) is 23.7 Å². The van der Waals surface area contributed by atoms with Gasteiger partial charge < -0.3 is 14.9 Å². The summed E-state index contributed by atoms with van der Waals surface area (Å²) in [5.74, 6) is 0.0541. The Morgan fingerprint density at radius 1 is 1.42 bits per heavy atom. The van der Waals surface area contributed by atoms with Crippen LogP contribution in [-0.4, -0.2) is 34.0 Å². The molecule has 2 fully saturated rings. The third-order valence-corrected chi connectivity index (χ3v) is 5.61. The maximum Gasteiger partial charge on any atom is 0.309 e. The topological polar surface area (TPSA) is 66.8 Å². The molecule has 1 aliphatic heterocycles. The van der Waals surface area contributed by atoms with Gasteiger partial charge in [0.1, 0.15) is 6.10 Å². The molecule has 7 atom stereocenters. The van der Waals surface area contributed by atoms with Crippen LogP contribution in [0.4, 0.5) is 0 Å². The minimum absolute atomic E-state index is 0.00528. The van der Waals surface area contributed by atoms with Gasteiger partial charge in [-0.15, -0.1) is 0 Å². The summed E-state index contributed by atoms with van der Waals surface area (Å²) in [6, 6.07) is 0. The molecule has 1 saturated carbocycles. The Morgan fingerprint density at radius 2 is 2.11 bits per heavy atom. The van der Waals surface area contributed by atoms with Crippen molar-refractivity contribution < 1.29 is 19.7 Å². The van der Waals surface area contributed by atoms with Crippen LogP contribution in [-0.2, 0) is 9.53 Å². The van der Waals surface area contributed by atoms with Gasteiger partial charge in [-0.2, -0.15) is 0 Å². The zero-order chi connectivity index (χ0) is 13.9. The highest BCUT2D eigenvalue weighted by atomic mass is 16.6. The van der Waals surface area contributed by atoms with Crippen molar-refractivity contribution >= 4 is 5.97 Å². The van der Waals surface area contributed by atoms with Gasteiger partial charge in [0.2, 0.25) is 0 Å². The highest BCUT2D eigenvalue weighted by Crippen LogP contribution is 2.51. The fourth-order valence-electron chi connectivity index (χ4n) is 4.16. The largest absolute Gasteiger partial charge is 0.458 e. The van der Waals surface area contributed by atoms with E-state index in [-0.39, 0.29) is 35.7 Å². The van der Waals surface area contributed by atoms with Crippen molar-refractivity contribution in [1.29, 1.82) is 0 Å². The number of aliphatic hydroxyl groups is 2. The standard InChI is InChI=1S/C15H22O4/c1-7-4-12-10(8(2)14(17)19-12)5-11-9(7)6-13(16)15(11,3)18/h4,8-13,16,18H,5-6H2,1-3H3/t8?,9-,10-,11-,12+,13-,15+/m1/s1. The maximum atomic E-state index is 11.7. The van der Waals surface area contributed by atoms with Crippen molar-refractivity contribution in [2.75, 3.05) is 0 Å². The van der Waals surface area contributed by atoms with E-state index in [1.807, 2.05) is 19.9 Å². The SMILES string of the molecule is CC1=C[C@@H]2OC(=O)C(C)[C@H]2C[C@@H]2[C@@H]1C[C@@H](O)[C@@]2(C)O. The Bertz CT molecular complexity index is 439. The number of rotatable bonds is 0. The van der Waals surface area contributed by atoms with Crippen molar-refractivity contribution in [1.82, 2.24) is 0 Å². The van der Waals surface area contributed by atoms with Gasteiger partial charge >= 0.3 is 5.97 Å². The van der Waals surface area contributed by atoms with Crippen molar-refractivity contribution in [3.63, 3.8) is 0 Å². The average molecular weight is 266 g/mol. The summed E-state index contributed by atoms with van der Waals surface area (Å²) in [7, 11) is 0. The van der Waals surface area contributed by atoms with Crippen LogP contribution in [0.25, 0.3) is 0 Å². The van der Waals surface area contributed by atoms with Gasteiger partial charge in [0, 0.05) is 5.92 Å². The van der Waals surface area contributed by atoms with Gasteiger partial charge in [-0.25, -0.2) is 0 Å². The molecule has 0 aromatic carbocycles. The van der Waals surface area contributed by atoms with Gasteiger partial charge in [-0.3, -0.25) is 4.79 Å². The summed E-state index contributed by atoms with van der Waals surface area (Å²) in [5.41, 5.74) is 0.0660.